The fourth-order valence-corrected chi connectivity index (χ4v) is 2.10. The monoisotopic (exact) mass is 277 g/mol. The summed E-state index contributed by atoms with van der Waals surface area (Å²) in [5, 5.41) is 0. The van der Waals surface area contributed by atoms with E-state index in [9.17, 15) is 0 Å². The average Bonchev–Trinajstić information content (AvgIpc) is 3.28. The van der Waals surface area contributed by atoms with Crippen molar-refractivity contribution in [3.05, 3.63) is 12.1 Å². The molecule has 0 spiro atoms. The topological polar surface area (TPSA) is 51.4 Å². The maximum atomic E-state index is 5.96. The van der Waals surface area contributed by atoms with Crippen molar-refractivity contribution in [2.75, 3.05) is 30.3 Å². The Kier molecular flexibility index (Phi) is 5.10. The maximum absolute atomic E-state index is 5.96. The molecule has 4 nitrogen and oxygen atoms in total. The predicted molar refractivity (Wildman–Crippen MR) is 84.2 cm³/mol. The molecule has 0 aliphatic heterocycles. The van der Waals surface area contributed by atoms with Gasteiger partial charge in [-0.3, -0.25) is 0 Å². The van der Waals surface area contributed by atoms with E-state index in [0.717, 1.165) is 25.5 Å². The van der Waals surface area contributed by atoms with Gasteiger partial charge in [-0.1, -0.05) is 20.3 Å². The van der Waals surface area contributed by atoms with Crippen LogP contribution in [0.2, 0.25) is 0 Å². The Morgan fingerprint density at radius 2 is 2.15 bits per heavy atom. The van der Waals surface area contributed by atoms with Crippen molar-refractivity contribution in [2.24, 2.45) is 11.8 Å². The molecular weight excluding hydrogens is 250 g/mol. The fraction of sp³-hybridized carbons (Fsp3) is 0.688. The van der Waals surface area contributed by atoms with Crippen LogP contribution in [0.25, 0.3) is 0 Å². The third-order valence-electron chi connectivity index (χ3n) is 3.96. The summed E-state index contributed by atoms with van der Waals surface area (Å²) in [6.07, 6.45) is 3.72. The third-order valence-corrected chi connectivity index (χ3v) is 3.96. The Balaban J connectivity index is 2.06. The first-order valence-corrected chi connectivity index (χ1v) is 7.78. The fourth-order valence-electron chi connectivity index (χ4n) is 2.10. The minimum absolute atomic E-state index is 0.594. The molecule has 0 amide bonds. The van der Waals surface area contributed by atoms with E-state index in [2.05, 4.69) is 30.7 Å². The van der Waals surface area contributed by atoms with Crippen LogP contribution in [0.3, 0.4) is 0 Å². The highest BCUT2D eigenvalue weighted by molar-refractivity contribution is 5.54. The number of nitrogens with two attached hydrogens (primary N) is 1. The molecule has 1 fully saturated rings. The molecule has 20 heavy (non-hydrogen) atoms. The zero-order chi connectivity index (χ0) is 14.5. The number of ether oxygens (including phenoxy) is 1. The van der Waals surface area contributed by atoms with Gasteiger partial charge in [0.15, 0.2) is 0 Å². The Morgan fingerprint density at radius 3 is 2.75 bits per heavy atom. The second-order valence-corrected chi connectivity index (χ2v) is 5.87. The van der Waals surface area contributed by atoms with Crippen molar-refractivity contribution in [2.45, 2.75) is 40.0 Å². The van der Waals surface area contributed by atoms with Gasteiger partial charge in [0.1, 0.15) is 5.82 Å². The van der Waals surface area contributed by atoms with Crippen molar-refractivity contribution in [3.8, 4) is 5.88 Å². The minimum atomic E-state index is 0.594. The summed E-state index contributed by atoms with van der Waals surface area (Å²) in [7, 11) is 0. The molecule has 1 saturated carbocycles. The summed E-state index contributed by atoms with van der Waals surface area (Å²) in [6, 6.07) is 3.90. The van der Waals surface area contributed by atoms with Gasteiger partial charge >= 0.3 is 0 Å². The lowest BCUT2D eigenvalue weighted by atomic mass is 10.1. The summed E-state index contributed by atoms with van der Waals surface area (Å²) in [5.74, 6) is 2.93. The van der Waals surface area contributed by atoms with Crippen LogP contribution in [0.5, 0.6) is 5.88 Å². The number of pyridine rings is 1. The number of rotatable bonds is 8. The van der Waals surface area contributed by atoms with E-state index in [4.69, 9.17) is 10.5 Å². The van der Waals surface area contributed by atoms with Gasteiger partial charge in [0, 0.05) is 13.1 Å². The molecular formula is C16H27N3O. The SMILES string of the molecule is CCC(C)CN(CC)c1ccc(N)c(OCC2CC2)n1. The highest BCUT2D eigenvalue weighted by Crippen LogP contribution is 2.31. The Hall–Kier alpha value is -1.45. The number of aromatic nitrogens is 1. The second-order valence-electron chi connectivity index (χ2n) is 5.87. The van der Waals surface area contributed by atoms with Crippen molar-refractivity contribution in [1.82, 2.24) is 4.98 Å². The van der Waals surface area contributed by atoms with Gasteiger partial charge < -0.3 is 15.4 Å². The predicted octanol–water partition coefficient (Wildman–Crippen LogP) is 3.33. The van der Waals surface area contributed by atoms with E-state index in [1.165, 1.54) is 19.3 Å². The lowest BCUT2D eigenvalue weighted by Gasteiger charge is -2.25. The van der Waals surface area contributed by atoms with Gasteiger partial charge in [0.25, 0.3) is 0 Å². The zero-order valence-electron chi connectivity index (χ0n) is 12.9. The molecule has 4 heteroatoms. The van der Waals surface area contributed by atoms with Crippen LogP contribution in [-0.2, 0) is 0 Å². The summed E-state index contributed by atoms with van der Waals surface area (Å²) in [5.41, 5.74) is 6.59. The van der Waals surface area contributed by atoms with Gasteiger partial charge in [-0.15, -0.1) is 0 Å². The van der Waals surface area contributed by atoms with Crippen LogP contribution in [0.4, 0.5) is 11.5 Å². The van der Waals surface area contributed by atoms with Crippen LogP contribution in [0.1, 0.15) is 40.0 Å². The normalized spacial score (nSPS) is 15.9. The molecule has 1 heterocycles. The number of nitrogens with zero attached hydrogens (tertiary/aromatic N) is 2. The van der Waals surface area contributed by atoms with Gasteiger partial charge in [-0.05, 0) is 43.7 Å². The summed E-state index contributed by atoms with van der Waals surface area (Å²) in [4.78, 5) is 6.90. The van der Waals surface area contributed by atoms with Gasteiger partial charge in [-0.2, -0.15) is 4.98 Å². The number of nitrogen functional groups attached to an aromatic ring is 1. The van der Waals surface area contributed by atoms with E-state index >= 15 is 0 Å². The maximum Gasteiger partial charge on any atom is 0.239 e. The quantitative estimate of drug-likeness (QED) is 0.792. The lowest BCUT2D eigenvalue weighted by Crippen LogP contribution is -2.29. The van der Waals surface area contributed by atoms with Crippen LogP contribution >= 0.6 is 0 Å². The summed E-state index contributed by atoms with van der Waals surface area (Å²) < 4.78 is 5.76. The molecule has 1 aliphatic rings. The van der Waals surface area contributed by atoms with Crippen LogP contribution in [0, 0.1) is 11.8 Å². The largest absolute Gasteiger partial charge is 0.476 e. The molecule has 1 aromatic heterocycles. The molecule has 1 aromatic rings. The summed E-state index contributed by atoms with van der Waals surface area (Å²) >= 11 is 0. The third kappa shape index (κ3) is 4.02. The van der Waals surface area contributed by atoms with Crippen molar-refractivity contribution < 1.29 is 4.74 Å². The molecule has 0 aromatic carbocycles. The van der Waals surface area contributed by atoms with E-state index in [-0.39, 0.29) is 0 Å². The van der Waals surface area contributed by atoms with Crippen molar-refractivity contribution >= 4 is 11.5 Å². The molecule has 0 radical (unpaired) electrons. The van der Waals surface area contributed by atoms with Crippen LogP contribution in [0.15, 0.2) is 12.1 Å². The molecule has 2 N–H and O–H groups in total. The first-order valence-electron chi connectivity index (χ1n) is 7.78. The molecule has 0 bridgehead atoms. The first-order chi connectivity index (χ1) is 9.63. The number of anilines is 2. The lowest BCUT2D eigenvalue weighted by molar-refractivity contribution is 0.290. The molecule has 2 rings (SSSR count). The number of hydrogen-bond acceptors (Lipinski definition) is 4. The van der Waals surface area contributed by atoms with Crippen molar-refractivity contribution in [1.29, 1.82) is 0 Å². The first kappa shape index (κ1) is 14.9. The average molecular weight is 277 g/mol. The Bertz CT molecular complexity index is 432. The minimum Gasteiger partial charge on any atom is -0.476 e. The Morgan fingerprint density at radius 1 is 1.40 bits per heavy atom. The van der Waals surface area contributed by atoms with Gasteiger partial charge in [0.05, 0.1) is 12.3 Å². The van der Waals surface area contributed by atoms with Crippen LogP contribution < -0.4 is 15.4 Å². The second kappa shape index (κ2) is 6.82. The van der Waals surface area contributed by atoms with Gasteiger partial charge in [-0.25, -0.2) is 0 Å². The molecule has 1 atom stereocenters. The standard InChI is InChI=1S/C16H27N3O/c1-4-12(3)10-19(5-2)15-9-8-14(17)16(18-15)20-11-13-6-7-13/h8-9,12-13H,4-7,10-11,17H2,1-3H3. The van der Waals surface area contributed by atoms with E-state index in [0.29, 0.717) is 23.4 Å². The van der Waals surface area contributed by atoms with E-state index in [1.807, 2.05) is 12.1 Å². The molecule has 1 aliphatic carbocycles. The van der Waals surface area contributed by atoms with Crippen LogP contribution in [-0.4, -0.2) is 24.7 Å². The molecule has 0 saturated heterocycles. The zero-order valence-corrected chi connectivity index (χ0v) is 12.9. The smallest absolute Gasteiger partial charge is 0.239 e. The number of hydrogen-bond donors (Lipinski definition) is 1. The summed E-state index contributed by atoms with van der Waals surface area (Å²) in [6.45, 7) is 9.36. The highest BCUT2D eigenvalue weighted by Gasteiger charge is 2.23. The van der Waals surface area contributed by atoms with Crippen molar-refractivity contribution in [3.63, 3.8) is 0 Å². The molecule has 112 valence electrons. The molecule has 1 unspecified atom stereocenters. The van der Waals surface area contributed by atoms with E-state index in [1.54, 1.807) is 0 Å². The van der Waals surface area contributed by atoms with Gasteiger partial charge in [0.2, 0.25) is 5.88 Å². The Labute approximate surface area is 122 Å². The highest BCUT2D eigenvalue weighted by atomic mass is 16.5. The van der Waals surface area contributed by atoms with E-state index < -0.39 is 0 Å².